The van der Waals surface area contributed by atoms with Crippen LogP contribution >= 0.6 is 27.7 Å². The predicted octanol–water partition coefficient (Wildman–Crippen LogP) is 2.81. The number of hydrogen-bond donors (Lipinski definition) is 1. The smallest absolute Gasteiger partial charge is 0.261 e. The minimum atomic E-state index is 0.557. The number of rotatable bonds is 4. The molecule has 2 heterocycles. The van der Waals surface area contributed by atoms with E-state index in [0.29, 0.717) is 11.2 Å². The van der Waals surface area contributed by atoms with Crippen molar-refractivity contribution in [2.24, 2.45) is 0 Å². The number of nitrogens with zero attached hydrogens (tertiary/aromatic N) is 3. The van der Waals surface area contributed by atoms with Gasteiger partial charge in [-0.3, -0.25) is 0 Å². The summed E-state index contributed by atoms with van der Waals surface area (Å²) >= 11 is 4.73. The molecule has 2 rings (SSSR count). The van der Waals surface area contributed by atoms with Gasteiger partial charge in [0.15, 0.2) is 0 Å². The molecule has 0 unspecified atom stereocenters. The van der Waals surface area contributed by atoms with Gasteiger partial charge in [-0.1, -0.05) is 0 Å². The minimum Gasteiger partial charge on any atom is -0.440 e. The van der Waals surface area contributed by atoms with Crippen LogP contribution in [0, 0.1) is 0 Å². The Morgan fingerprint density at radius 2 is 2.38 bits per heavy atom. The van der Waals surface area contributed by atoms with E-state index >= 15 is 0 Å². The number of aromatic nitrogens is 3. The summed E-state index contributed by atoms with van der Waals surface area (Å²) in [4.78, 5) is 12.5. The van der Waals surface area contributed by atoms with Crippen LogP contribution in [0.15, 0.2) is 37.8 Å². The minimum absolute atomic E-state index is 0.557. The van der Waals surface area contributed by atoms with Crippen molar-refractivity contribution in [1.82, 2.24) is 15.0 Å². The summed E-state index contributed by atoms with van der Waals surface area (Å²) in [7, 11) is 0. The molecule has 0 saturated heterocycles. The molecule has 0 spiro atoms. The highest BCUT2D eigenvalue weighted by Gasteiger charge is 2.09. The Hall–Kier alpha value is -1.08. The van der Waals surface area contributed by atoms with Gasteiger partial charge in [-0.25, -0.2) is 15.0 Å². The summed E-state index contributed by atoms with van der Waals surface area (Å²) in [5.74, 6) is 0.597. The lowest BCUT2D eigenvalue weighted by atomic mass is 10.6. The number of nitrogens with one attached hydrogen (secondary N) is 1. The summed E-state index contributed by atoms with van der Waals surface area (Å²) in [5, 5.41) is 4.38. The van der Waals surface area contributed by atoms with Crippen molar-refractivity contribution < 1.29 is 4.42 Å². The van der Waals surface area contributed by atoms with Crippen molar-refractivity contribution in [3.05, 3.63) is 23.1 Å². The fourth-order valence-corrected chi connectivity index (χ4v) is 2.11. The highest BCUT2D eigenvalue weighted by molar-refractivity contribution is 9.10. The lowest BCUT2D eigenvalue weighted by Crippen LogP contribution is -2.02. The molecular weight excluding hydrogens is 292 g/mol. The van der Waals surface area contributed by atoms with Crippen LogP contribution in [0.1, 0.15) is 6.92 Å². The summed E-state index contributed by atoms with van der Waals surface area (Å²) in [6.45, 7) is 2.77. The fraction of sp³-hybridized carbons (Fsp3) is 0.222. The van der Waals surface area contributed by atoms with Gasteiger partial charge in [0.05, 0.1) is 10.7 Å². The standard InChI is InChI=1S/C9H9BrN4OS/c1-2-11-8-13-5-6(10)7(14-8)16-9-12-3-4-15-9/h3-5H,2H2,1H3,(H,11,13,14). The molecule has 2 aromatic rings. The highest BCUT2D eigenvalue weighted by Crippen LogP contribution is 2.30. The molecule has 0 aliphatic rings. The lowest BCUT2D eigenvalue weighted by Gasteiger charge is -2.04. The fourth-order valence-electron chi connectivity index (χ4n) is 1.01. The van der Waals surface area contributed by atoms with Gasteiger partial charge >= 0.3 is 0 Å². The van der Waals surface area contributed by atoms with Crippen molar-refractivity contribution in [2.75, 3.05) is 11.9 Å². The van der Waals surface area contributed by atoms with Crippen molar-refractivity contribution in [3.63, 3.8) is 0 Å². The Labute approximate surface area is 105 Å². The highest BCUT2D eigenvalue weighted by atomic mass is 79.9. The van der Waals surface area contributed by atoms with E-state index in [9.17, 15) is 0 Å². The molecule has 2 aromatic heterocycles. The SMILES string of the molecule is CCNc1ncc(Br)c(Sc2ncco2)n1. The zero-order valence-electron chi connectivity index (χ0n) is 8.48. The molecular formula is C9H9BrN4OS. The maximum absolute atomic E-state index is 5.14. The molecule has 0 aliphatic heterocycles. The number of hydrogen-bond acceptors (Lipinski definition) is 6. The van der Waals surface area contributed by atoms with Gasteiger partial charge in [0.1, 0.15) is 11.3 Å². The Morgan fingerprint density at radius 1 is 1.50 bits per heavy atom. The van der Waals surface area contributed by atoms with E-state index in [1.54, 1.807) is 12.4 Å². The third kappa shape index (κ3) is 2.73. The average molecular weight is 301 g/mol. The molecule has 0 bridgehead atoms. The zero-order valence-corrected chi connectivity index (χ0v) is 10.9. The molecule has 5 nitrogen and oxygen atoms in total. The van der Waals surface area contributed by atoms with E-state index in [1.807, 2.05) is 6.92 Å². The first-order chi connectivity index (χ1) is 7.79. The molecule has 1 N–H and O–H groups in total. The third-order valence-corrected chi connectivity index (χ3v) is 3.36. The van der Waals surface area contributed by atoms with Crippen LogP contribution in [0.5, 0.6) is 0 Å². The van der Waals surface area contributed by atoms with Crippen molar-refractivity contribution >= 4 is 33.6 Å². The van der Waals surface area contributed by atoms with Crippen molar-refractivity contribution in [3.8, 4) is 0 Å². The van der Waals surface area contributed by atoms with Gasteiger partial charge in [0, 0.05) is 12.7 Å². The van der Waals surface area contributed by atoms with Gasteiger partial charge in [0.2, 0.25) is 5.95 Å². The summed E-state index contributed by atoms with van der Waals surface area (Å²) < 4.78 is 5.96. The number of anilines is 1. The van der Waals surface area contributed by atoms with Gasteiger partial charge in [-0.15, -0.1) is 0 Å². The zero-order chi connectivity index (χ0) is 11.4. The van der Waals surface area contributed by atoms with Crippen LogP contribution < -0.4 is 5.32 Å². The van der Waals surface area contributed by atoms with Crippen LogP contribution in [-0.2, 0) is 0 Å². The molecule has 0 amide bonds. The maximum atomic E-state index is 5.14. The molecule has 0 radical (unpaired) electrons. The second-order valence-corrected chi connectivity index (χ2v) is 4.57. The first kappa shape index (κ1) is 11.4. The largest absolute Gasteiger partial charge is 0.440 e. The molecule has 0 aromatic carbocycles. The normalized spacial score (nSPS) is 10.4. The number of oxazole rings is 1. The number of halogens is 1. The van der Waals surface area contributed by atoms with E-state index in [4.69, 9.17) is 4.42 Å². The van der Waals surface area contributed by atoms with Crippen LogP contribution in [-0.4, -0.2) is 21.5 Å². The van der Waals surface area contributed by atoms with E-state index in [2.05, 4.69) is 36.2 Å². The third-order valence-electron chi connectivity index (χ3n) is 1.64. The molecule has 7 heteroatoms. The second-order valence-electron chi connectivity index (χ2n) is 2.78. The van der Waals surface area contributed by atoms with Crippen LogP contribution in [0.25, 0.3) is 0 Å². The summed E-state index contributed by atoms with van der Waals surface area (Å²) in [5.41, 5.74) is 0. The molecule has 16 heavy (non-hydrogen) atoms. The van der Waals surface area contributed by atoms with Crippen LogP contribution in [0.2, 0.25) is 0 Å². The summed E-state index contributed by atoms with van der Waals surface area (Å²) in [6, 6.07) is 0. The quantitative estimate of drug-likeness (QED) is 0.876. The molecule has 0 saturated carbocycles. The first-order valence-electron chi connectivity index (χ1n) is 4.63. The van der Waals surface area contributed by atoms with E-state index in [0.717, 1.165) is 16.0 Å². The van der Waals surface area contributed by atoms with Crippen LogP contribution in [0.4, 0.5) is 5.95 Å². The molecule has 84 valence electrons. The molecule has 0 fully saturated rings. The predicted molar refractivity (Wildman–Crippen MR) is 64.5 cm³/mol. The monoisotopic (exact) mass is 300 g/mol. The Kier molecular flexibility index (Phi) is 3.79. The van der Waals surface area contributed by atoms with E-state index in [-0.39, 0.29) is 0 Å². The van der Waals surface area contributed by atoms with E-state index in [1.165, 1.54) is 18.0 Å². The second kappa shape index (κ2) is 5.31. The average Bonchev–Trinajstić information content (AvgIpc) is 2.76. The van der Waals surface area contributed by atoms with Crippen molar-refractivity contribution in [1.29, 1.82) is 0 Å². The maximum Gasteiger partial charge on any atom is 0.261 e. The summed E-state index contributed by atoms with van der Waals surface area (Å²) in [6.07, 6.45) is 4.83. The molecule has 0 atom stereocenters. The Bertz CT molecular complexity index is 463. The van der Waals surface area contributed by atoms with Crippen LogP contribution in [0.3, 0.4) is 0 Å². The van der Waals surface area contributed by atoms with Gasteiger partial charge in [0.25, 0.3) is 5.22 Å². The lowest BCUT2D eigenvalue weighted by molar-refractivity contribution is 0.454. The Balaban J connectivity index is 2.21. The van der Waals surface area contributed by atoms with Gasteiger partial charge < -0.3 is 9.73 Å². The van der Waals surface area contributed by atoms with E-state index < -0.39 is 0 Å². The Morgan fingerprint density at radius 3 is 3.06 bits per heavy atom. The first-order valence-corrected chi connectivity index (χ1v) is 6.24. The van der Waals surface area contributed by atoms with Gasteiger partial charge in [-0.05, 0) is 34.6 Å². The van der Waals surface area contributed by atoms with Crippen molar-refractivity contribution in [2.45, 2.75) is 17.2 Å². The van der Waals surface area contributed by atoms with Gasteiger partial charge in [-0.2, -0.15) is 0 Å². The topological polar surface area (TPSA) is 63.8 Å². The molecule has 0 aliphatic carbocycles.